The Morgan fingerprint density at radius 3 is 2.56 bits per heavy atom. The topological polar surface area (TPSA) is 119 Å². The minimum atomic E-state index is -0.803. The lowest BCUT2D eigenvalue weighted by molar-refractivity contribution is -0.140. The summed E-state index contributed by atoms with van der Waals surface area (Å²) in [5, 5.41) is 13.7. The number of halogens is 1. The van der Waals surface area contributed by atoms with E-state index in [1.165, 1.54) is 0 Å². The molecule has 2 unspecified atom stereocenters. The van der Waals surface area contributed by atoms with Crippen molar-refractivity contribution in [3.8, 4) is 22.4 Å². The Balaban J connectivity index is 1.54. The Morgan fingerprint density at radius 2 is 1.91 bits per heavy atom. The number of aromatic nitrogens is 5. The third kappa shape index (κ3) is 3.54. The third-order valence-corrected chi connectivity index (χ3v) is 6.54. The predicted molar refractivity (Wildman–Crippen MR) is 124 cm³/mol. The smallest absolute Gasteiger partial charge is 0.310 e. The lowest BCUT2D eigenvalue weighted by Gasteiger charge is -2.21. The first-order valence-corrected chi connectivity index (χ1v) is 10.9. The van der Waals surface area contributed by atoms with Gasteiger partial charge >= 0.3 is 5.97 Å². The first kappa shape index (κ1) is 20.3. The summed E-state index contributed by atoms with van der Waals surface area (Å²) in [5.41, 5.74) is 11.3. The SMILES string of the molecule is Nc1c(Br)c(C2C=CC(C(=O)O)CC2)nc2c(-c3ccc(-c4ccncc4)nc3)cnn12. The van der Waals surface area contributed by atoms with Gasteiger partial charge in [-0.15, -0.1) is 0 Å². The van der Waals surface area contributed by atoms with Crippen molar-refractivity contribution in [3.05, 3.63) is 71.4 Å². The van der Waals surface area contributed by atoms with Crippen LogP contribution >= 0.6 is 15.9 Å². The summed E-state index contributed by atoms with van der Waals surface area (Å²) in [6.45, 7) is 0. The summed E-state index contributed by atoms with van der Waals surface area (Å²) < 4.78 is 2.28. The second-order valence-corrected chi connectivity index (χ2v) is 8.46. The van der Waals surface area contributed by atoms with Crippen LogP contribution in [0.3, 0.4) is 0 Å². The lowest BCUT2D eigenvalue weighted by atomic mass is 9.86. The maximum absolute atomic E-state index is 11.3. The highest BCUT2D eigenvalue weighted by Gasteiger charge is 2.26. The van der Waals surface area contributed by atoms with Gasteiger partial charge in [-0.1, -0.05) is 18.2 Å². The van der Waals surface area contributed by atoms with Crippen molar-refractivity contribution in [3.63, 3.8) is 0 Å². The van der Waals surface area contributed by atoms with Crippen molar-refractivity contribution >= 4 is 33.4 Å². The first-order valence-electron chi connectivity index (χ1n) is 10.1. The number of carboxylic acids is 1. The molecule has 1 aliphatic carbocycles. The van der Waals surface area contributed by atoms with E-state index in [2.05, 4.69) is 31.0 Å². The molecule has 4 aromatic rings. The summed E-state index contributed by atoms with van der Waals surface area (Å²) in [4.78, 5) is 24.8. The zero-order valence-corrected chi connectivity index (χ0v) is 18.5. The molecule has 160 valence electrons. The Bertz CT molecular complexity index is 1330. The molecule has 3 N–H and O–H groups in total. The number of rotatable bonds is 4. The van der Waals surface area contributed by atoms with Gasteiger partial charge in [0.25, 0.3) is 0 Å². The van der Waals surface area contributed by atoms with Crippen LogP contribution < -0.4 is 5.73 Å². The van der Waals surface area contributed by atoms with E-state index in [4.69, 9.17) is 10.7 Å². The number of carboxylic acid groups (broad SMARTS) is 1. The van der Waals surface area contributed by atoms with Gasteiger partial charge in [0.15, 0.2) is 5.65 Å². The average Bonchev–Trinajstić information content (AvgIpc) is 3.26. The van der Waals surface area contributed by atoms with E-state index in [1.54, 1.807) is 35.4 Å². The molecule has 5 rings (SSSR count). The zero-order valence-electron chi connectivity index (χ0n) is 16.9. The highest BCUT2D eigenvalue weighted by atomic mass is 79.9. The summed E-state index contributed by atoms with van der Waals surface area (Å²) in [5.74, 6) is -0.835. The van der Waals surface area contributed by atoms with Crippen LogP contribution in [0.1, 0.15) is 24.5 Å². The molecule has 2 atom stereocenters. The molecule has 0 amide bonds. The summed E-state index contributed by atoms with van der Waals surface area (Å²) in [7, 11) is 0. The zero-order chi connectivity index (χ0) is 22.2. The van der Waals surface area contributed by atoms with E-state index in [0.29, 0.717) is 28.8 Å². The molecule has 32 heavy (non-hydrogen) atoms. The third-order valence-electron chi connectivity index (χ3n) is 5.73. The highest BCUT2D eigenvalue weighted by Crippen LogP contribution is 2.37. The average molecular weight is 491 g/mol. The molecule has 0 aromatic carbocycles. The number of hydrogen-bond acceptors (Lipinski definition) is 6. The van der Waals surface area contributed by atoms with Gasteiger partial charge in [0, 0.05) is 41.2 Å². The fraction of sp³-hybridized carbons (Fsp3) is 0.174. The van der Waals surface area contributed by atoms with Crippen LogP contribution in [0, 0.1) is 5.92 Å². The maximum atomic E-state index is 11.3. The summed E-state index contributed by atoms with van der Waals surface area (Å²) in [6, 6.07) is 7.76. The fourth-order valence-electron chi connectivity index (χ4n) is 3.96. The molecule has 4 aromatic heterocycles. The van der Waals surface area contributed by atoms with E-state index >= 15 is 0 Å². The van der Waals surface area contributed by atoms with Crippen molar-refractivity contribution in [1.82, 2.24) is 24.6 Å². The molecule has 8 nitrogen and oxygen atoms in total. The molecule has 1 aliphatic rings. The monoisotopic (exact) mass is 490 g/mol. The Hall–Kier alpha value is -3.59. The molecule has 4 heterocycles. The van der Waals surface area contributed by atoms with Crippen LogP contribution in [0.15, 0.2) is 65.7 Å². The number of nitrogens with zero attached hydrogens (tertiary/aromatic N) is 5. The van der Waals surface area contributed by atoms with Crippen LogP contribution in [0.5, 0.6) is 0 Å². The summed E-state index contributed by atoms with van der Waals surface area (Å²) >= 11 is 3.57. The molecular weight excluding hydrogens is 472 g/mol. The van der Waals surface area contributed by atoms with Crippen LogP contribution in [-0.4, -0.2) is 35.6 Å². The van der Waals surface area contributed by atoms with E-state index < -0.39 is 11.9 Å². The van der Waals surface area contributed by atoms with Gasteiger partial charge in [-0.3, -0.25) is 14.8 Å². The number of nitrogens with two attached hydrogens (primary N) is 1. The standard InChI is InChI=1S/C23H19BrN6O2/c24-19-20(14-1-3-15(4-2-14)23(31)32)29-22-17(12-28-30(22)21(19)25)16-5-6-18(27-11-16)13-7-9-26-10-8-13/h1,3,5-12,14-15H,2,4,25H2,(H,31,32). The molecule has 0 saturated carbocycles. The Morgan fingerprint density at radius 1 is 1.09 bits per heavy atom. The summed E-state index contributed by atoms with van der Waals surface area (Å²) in [6.07, 6.45) is 11.9. The van der Waals surface area contributed by atoms with Gasteiger partial charge < -0.3 is 10.8 Å². The fourth-order valence-corrected chi connectivity index (χ4v) is 4.51. The number of pyridine rings is 2. The van der Waals surface area contributed by atoms with Crippen molar-refractivity contribution in [1.29, 1.82) is 0 Å². The van der Waals surface area contributed by atoms with Crippen molar-refractivity contribution in [2.75, 3.05) is 5.73 Å². The van der Waals surface area contributed by atoms with E-state index in [1.807, 2.05) is 30.3 Å². The largest absolute Gasteiger partial charge is 0.481 e. The number of hydrogen-bond donors (Lipinski definition) is 2. The quantitative estimate of drug-likeness (QED) is 0.408. The van der Waals surface area contributed by atoms with Crippen molar-refractivity contribution in [2.24, 2.45) is 5.92 Å². The minimum absolute atomic E-state index is 0.0257. The van der Waals surface area contributed by atoms with Gasteiger partial charge in [-0.05, 0) is 47.0 Å². The van der Waals surface area contributed by atoms with Crippen molar-refractivity contribution < 1.29 is 9.90 Å². The number of nitrogen functional groups attached to an aromatic ring is 1. The maximum Gasteiger partial charge on any atom is 0.310 e. The number of fused-ring (bicyclic) bond motifs is 1. The molecule has 9 heteroatoms. The second-order valence-electron chi connectivity index (χ2n) is 7.67. The van der Waals surface area contributed by atoms with Crippen LogP contribution in [0.2, 0.25) is 0 Å². The van der Waals surface area contributed by atoms with Gasteiger partial charge in [0.1, 0.15) is 5.82 Å². The Labute approximate surface area is 192 Å². The van der Waals surface area contributed by atoms with Gasteiger partial charge in [-0.25, -0.2) is 4.98 Å². The number of anilines is 1. The first-order chi connectivity index (χ1) is 15.5. The minimum Gasteiger partial charge on any atom is -0.481 e. The van der Waals surface area contributed by atoms with Gasteiger partial charge in [0.2, 0.25) is 0 Å². The molecule has 0 spiro atoms. The lowest BCUT2D eigenvalue weighted by Crippen LogP contribution is -2.17. The number of aliphatic carboxylic acids is 1. The molecule has 0 saturated heterocycles. The molecule has 0 bridgehead atoms. The molecule has 0 fully saturated rings. The highest BCUT2D eigenvalue weighted by molar-refractivity contribution is 9.10. The van der Waals surface area contributed by atoms with E-state index in [-0.39, 0.29) is 5.92 Å². The molecular formula is C23H19BrN6O2. The van der Waals surface area contributed by atoms with Crippen LogP contribution in [-0.2, 0) is 4.79 Å². The van der Waals surface area contributed by atoms with Crippen LogP contribution in [0.25, 0.3) is 28.0 Å². The predicted octanol–water partition coefficient (Wildman–Crippen LogP) is 4.33. The van der Waals surface area contributed by atoms with Gasteiger partial charge in [0.05, 0.1) is 28.0 Å². The Kier molecular flexibility index (Phi) is 5.18. The normalized spacial score (nSPS) is 18.2. The van der Waals surface area contributed by atoms with E-state index in [9.17, 15) is 9.90 Å². The van der Waals surface area contributed by atoms with Crippen LogP contribution in [0.4, 0.5) is 5.82 Å². The number of allylic oxidation sites excluding steroid dienone is 1. The second kappa shape index (κ2) is 8.16. The van der Waals surface area contributed by atoms with E-state index in [0.717, 1.165) is 28.1 Å². The van der Waals surface area contributed by atoms with Gasteiger partial charge in [-0.2, -0.15) is 9.61 Å². The molecule has 0 radical (unpaired) electrons. The number of carbonyl (C=O) groups is 1. The van der Waals surface area contributed by atoms with Crippen molar-refractivity contribution in [2.45, 2.75) is 18.8 Å². The molecule has 0 aliphatic heterocycles.